The second-order valence-electron chi connectivity index (χ2n) is 9.30. The van der Waals surface area contributed by atoms with Gasteiger partial charge in [-0.25, -0.2) is 13.2 Å². The smallest absolute Gasteiger partial charge is 0.407 e. The summed E-state index contributed by atoms with van der Waals surface area (Å²) in [7, 11) is -4.20. The Morgan fingerprint density at radius 2 is 1.81 bits per heavy atom. The molecule has 0 spiro atoms. The number of hydrogen-bond donors (Lipinski definition) is 4. The molecule has 1 saturated heterocycles. The van der Waals surface area contributed by atoms with Crippen molar-refractivity contribution in [3.05, 3.63) is 54.1 Å². The largest absolute Gasteiger partial charge is 0.508 e. The Morgan fingerprint density at radius 1 is 1.14 bits per heavy atom. The van der Waals surface area contributed by atoms with Gasteiger partial charge in [-0.05, 0) is 17.9 Å². The highest BCUT2D eigenvalue weighted by Gasteiger charge is 2.32. The van der Waals surface area contributed by atoms with Crippen LogP contribution in [0.5, 0.6) is 11.5 Å². The van der Waals surface area contributed by atoms with E-state index in [-0.39, 0.29) is 36.4 Å². The van der Waals surface area contributed by atoms with E-state index in [2.05, 4.69) is 5.32 Å². The number of phenols is 2. The van der Waals surface area contributed by atoms with Crippen LogP contribution in [0.25, 0.3) is 0 Å². The van der Waals surface area contributed by atoms with Crippen LogP contribution in [0.15, 0.2) is 53.4 Å². The SMILES string of the molecule is CC(C)CN(C[C@@H](O)[C@H](Cc1ccccc1)NC(=O)OC1CCOC1)S(=O)(=O)c1cc(O)cc(O)c1. The maximum absolute atomic E-state index is 13.4. The third kappa shape index (κ3) is 7.82. The molecule has 1 unspecified atom stereocenters. The van der Waals surface area contributed by atoms with Gasteiger partial charge in [0.2, 0.25) is 10.0 Å². The Labute approximate surface area is 211 Å². The van der Waals surface area contributed by atoms with Gasteiger partial charge in [-0.1, -0.05) is 44.2 Å². The number of phenolic OH excluding ortho intramolecular Hbond substituents is 2. The molecule has 11 heteroatoms. The summed E-state index contributed by atoms with van der Waals surface area (Å²) in [6.45, 7) is 4.20. The van der Waals surface area contributed by atoms with Crippen molar-refractivity contribution in [2.75, 3.05) is 26.3 Å². The van der Waals surface area contributed by atoms with Crippen LogP contribution in [0.1, 0.15) is 25.8 Å². The summed E-state index contributed by atoms with van der Waals surface area (Å²) in [6, 6.07) is 11.4. The van der Waals surface area contributed by atoms with E-state index >= 15 is 0 Å². The van der Waals surface area contributed by atoms with Crippen molar-refractivity contribution in [1.82, 2.24) is 9.62 Å². The lowest BCUT2D eigenvalue weighted by Gasteiger charge is -2.30. The highest BCUT2D eigenvalue weighted by Crippen LogP contribution is 2.27. The van der Waals surface area contributed by atoms with E-state index in [0.717, 1.165) is 28.1 Å². The number of aliphatic hydroxyl groups is 1. The Morgan fingerprint density at radius 3 is 2.39 bits per heavy atom. The number of aromatic hydroxyl groups is 2. The van der Waals surface area contributed by atoms with Gasteiger partial charge in [0.25, 0.3) is 0 Å². The van der Waals surface area contributed by atoms with Gasteiger partial charge in [0.15, 0.2) is 0 Å². The van der Waals surface area contributed by atoms with Crippen molar-refractivity contribution >= 4 is 16.1 Å². The molecule has 0 aliphatic carbocycles. The van der Waals surface area contributed by atoms with E-state index in [9.17, 15) is 28.5 Å². The zero-order chi connectivity index (χ0) is 26.3. The van der Waals surface area contributed by atoms with Gasteiger partial charge >= 0.3 is 6.09 Å². The first-order valence-electron chi connectivity index (χ1n) is 11.8. The summed E-state index contributed by atoms with van der Waals surface area (Å²) >= 11 is 0. The summed E-state index contributed by atoms with van der Waals surface area (Å²) in [6.07, 6.45) is -1.58. The van der Waals surface area contributed by atoms with Crippen molar-refractivity contribution in [3.8, 4) is 11.5 Å². The monoisotopic (exact) mass is 522 g/mol. The fourth-order valence-corrected chi connectivity index (χ4v) is 5.65. The fraction of sp³-hybridized carbons (Fsp3) is 0.480. The molecule has 2 aromatic carbocycles. The second-order valence-corrected chi connectivity index (χ2v) is 11.2. The Balaban J connectivity index is 1.83. The van der Waals surface area contributed by atoms with Crippen LogP contribution < -0.4 is 5.32 Å². The summed E-state index contributed by atoms with van der Waals surface area (Å²) in [4.78, 5) is 12.3. The van der Waals surface area contributed by atoms with E-state index in [1.165, 1.54) is 0 Å². The molecule has 1 aliphatic rings. The molecule has 0 bridgehead atoms. The average Bonchev–Trinajstić information content (AvgIpc) is 3.30. The molecule has 1 fully saturated rings. The molecule has 10 nitrogen and oxygen atoms in total. The summed E-state index contributed by atoms with van der Waals surface area (Å²) < 4.78 is 38.5. The standard InChI is InChI=1S/C25H34N2O8S/c1-17(2)14-27(36(32,33)22-12-19(28)11-20(29)13-22)15-24(30)23(10-18-6-4-3-5-7-18)26-25(31)35-21-8-9-34-16-21/h3-7,11-13,17,21,23-24,28-30H,8-10,14-16H2,1-2H3,(H,26,31)/t21?,23-,24+/m0/s1. The molecule has 1 amide bonds. The predicted molar refractivity (Wildman–Crippen MR) is 132 cm³/mol. The Bertz CT molecular complexity index is 1080. The number of ether oxygens (including phenoxy) is 2. The van der Waals surface area contributed by atoms with Gasteiger partial charge in [0.1, 0.15) is 17.6 Å². The lowest BCUT2D eigenvalue weighted by atomic mass is 10.0. The number of rotatable bonds is 11. The number of nitrogens with one attached hydrogen (secondary N) is 1. The van der Waals surface area contributed by atoms with Gasteiger partial charge in [0.05, 0.1) is 30.3 Å². The number of benzene rings is 2. The molecule has 0 saturated carbocycles. The molecule has 0 aromatic heterocycles. The molecule has 1 aliphatic heterocycles. The highest BCUT2D eigenvalue weighted by atomic mass is 32.2. The number of sulfonamides is 1. The van der Waals surface area contributed by atoms with E-state index in [0.29, 0.717) is 19.6 Å². The minimum atomic E-state index is -4.20. The van der Waals surface area contributed by atoms with Crippen molar-refractivity contribution < 1.29 is 38.0 Å². The van der Waals surface area contributed by atoms with Gasteiger partial charge in [-0.2, -0.15) is 4.31 Å². The average molecular weight is 523 g/mol. The first-order chi connectivity index (χ1) is 17.0. The lowest BCUT2D eigenvalue weighted by molar-refractivity contribution is 0.0644. The number of hydrogen-bond acceptors (Lipinski definition) is 8. The number of carbonyl (C=O) groups is 1. The molecule has 36 heavy (non-hydrogen) atoms. The maximum Gasteiger partial charge on any atom is 0.407 e. The van der Waals surface area contributed by atoms with Crippen molar-refractivity contribution in [2.24, 2.45) is 5.92 Å². The summed E-state index contributed by atoms with van der Waals surface area (Å²) in [5, 5.41) is 33.5. The summed E-state index contributed by atoms with van der Waals surface area (Å²) in [5.41, 5.74) is 0.835. The van der Waals surface area contributed by atoms with Crippen LogP contribution in [0.2, 0.25) is 0 Å². The van der Waals surface area contributed by atoms with E-state index in [1.54, 1.807) is 0 Å². The van der Waals surface area contributed by atoms with E-state index in [4.69, 9.17) is 9.47 Å². The van der Waals surface area contributed by atoms with E-state index in [1.807, 2.05) is 44.2 Å². The second kappa shape index (κ2) is 12.4. The lowest BCUT2D eigenvalue weighted by Crippen LogP contribution is -2.51. The topological polar surface area (TPSA) is 146 Å². The van der Waals surface area contributed by atoms with Gasteiger partial charge in [-0.15, -0.1) is 0 Å². The van der Waals surface area contributed by atoms with Crippen molar-refractivity contribution in [2.45, 2.75) is 49.8 Å². The first kappa shape index (κ1) is 27.7. The maximum atomic E-state index is 13.4. The van der Waals surface area contributed by atoms with Crippen LogP contribution in [-0.4, -0.2) is 78.7 Å². The number of nitrogens with zero attached hydrogens (tertiary/aromatic N) is 1. The number of amides is 1. The molecule has 1 heterocycles. The molecular formula is C25H34N2O8S. The third-order valence-corrected chi connectivity index (χ3v) is 7.51. The van der Waals surface area contributed by atoms with Crippen LogP contribution in [-0.2, 0) is 25.9 Å². The normalized spacial score (nSPS) is 17.8. The zero-order valence-corrected chi connectivity index (χ0v) is 21.2. The van der Waals surface area contributed by atoms with Crippen LogP contribution in [0, 0.1) is 5.92 Å². The van der Waals surface area contributed by atoms with Crippen LogP contribution >= 0.6 is 0 Å². The minimum Gasteiger partial charge on any atom is -0.508 e. The van der Waals surface area contributed by atoms with Gasteiger partial charge < -0.3 is 30.1 Å². The number of carbonyl (C=O) groups excluding carboxylic acids is 1. The molecular weight excluding hydrogens is 488 g/mol. The third-order valence-electron chi connectivity index (χ3n) is 5.70. The van der Waals surface area contributed by atoms with Gasteiger partial charge in [-0.3, -0.25) is 0 Å². The predicted octanol–water partition coefficient (Wildman–Crippen LogP) is 2.23. The first-order valence-corrected chi connectivity index (χ1v) is 13.3. The zero-order valence-electron chi connectivity index (χ0n) is 20.4. The molecule has 2 aromatic rings. The van der Waals surface area contributed by atoms with Gasteiger partial charge in [0, 0.05) is 37.7 Å². The molecule has 3 atom stereocenters. The quantitative estimate of drug-likeness (QED) is 0.352. The molecule has 0 radical (unpaired) electrons. The van der Waals surface area contributed by atoms with E-state index < -0.39 is 39.8 Å². The summed E-state index contributed by atoms with van der Waals surface area (Å²) in [5.74, 6) is -0.896. The Kier molecular flexibility index (Phi) is 9.55. The number of alkyl carbamates (subject to hydrolysis) is 1. The molecule has 4 N–H and O–H groups in total. The molecule has 198 valence electrons. The van der Waals surface area contributed by atoms with Crippen molar-refractivity contribution in [3.63, 3.8) is 0 Å². The number of aliphatic hydroxyl groups excluding tert-OH is 1. The van der Waals surface area contributed by atoms with Crippen molar-refractivity contribution in [1.29, 1.82) is 0 Å². The molecule has 3 rings (SSSR count). The minimum absolute atomic E-state index is 0.0672. The Hall–Kier alpha value is -2.86. The van der Waals surface area contributed by atoms with Crippen LogP contribution in [0.4, 0.5) is 4.79 Å². The fourth-order valence-electron chi connectivity index (χ4n) is 3.97. The van der Waals surface area contributed by atoms with Crippen LogP contribution in [0.3, 0.4) is 0 Å². The highest BCUT2D eigenvalue weighted by molar-refractivity contribution is 7.89.